The molecule has 1 amide bonds. The van der Waals surface area contributed by atoms with Gasteiger partial charge in [-0.2, -0.15) is 0 Å². The molecule has 0 aromatic heterocycles. The molecule has 0 saturated heterocycles. The van der Waals surface area contributed by atoms with Crippen LogP contribution in [-0.2, 0) is 9.59 Å². The molecule has 17 heavy (non-hydrogen) atoms. The van der Waals surface area contributed by atoms with Gasteiger partial charge in [0, 0.05) is 19.5 Å². The molecule has 3 nitrogen and oxygen atoms in total. The maximum atomic E-state index is 12.6. The lowest BCUT2D eigenvalue weighted by molar-refractivity contribution is -0.144. The summed E-state index contributed by atoms with van der Waals surface area (Å²) in [6.07, 6.45) is 1.62. The number of carbonyl (C=O) groups excluding carboxylic acids is 2. The van der Waals surface area contributed by atoms with E-state index in [0.717, 1.165) is 12.8 Å². The van der Waals surface area contributed by atoms with Gasteiger partial charge in [0.2, 0.25) is 5.91 Å². The molecule has 0 heterocycles. The third-order valence-electron chi connectivity index (χ3n) is 5.51. The lowest BCUT2D eigenvalue weighted by Crippen LogP contribution is -2.50. The van der Waals surface area contributed by atoms with E-state index < -0.39 is 5.41 Å². The molecular weight excluding hydrogens is 282 g/mol. The molecule has 4 heteroatoms. The largest absolute Gasteiger partial charge is 0.348 e. The number of hydrogen-bond acceptors (Lipinski definition) is 2. The molecule has 0 N–H and O–H groups in total. The summed E-state index contributed by atoms with van der Waals surface area (Å²) in [5, 5.41) is 0. The second-order valence-corrected chi connectivity index (χ2v) is 7.27. The Balaban J connectivity index is 2.62. The Bertz CT molecular complexity index is 404. The average Bonchev–Trinajstić information content (AvgIpc) is 2.50. The van der Waals surface area contributed by atoms with Gasteiger partial charge in [-0.05, 0) is 18.3 Å². The summed E-state index contributed by atoms with van der Waals surface area (Å²) in [5.74, 6) is 0.280. The molecule has 2 fully saturated rings. The van der Waals surface area contributed by atoms with Gasteiger partial charge in [-0.25, -0.2) is 0 Å². The number of fused-ring (bicyclic) bond motifs is 2. The van der Waals surface area contributed by atoms with E-state index in [0.29, 0.717) is 0 Å². The molecular formula is C13H20BrNO2. The zero-order valence-electron chi connectivity index (χ0n) is 11.1. The molecule has 3 atom stereocenters. The molecule has 2 bridgehead atoms. The Morgan fingerprint density at radius 1 is 1.29 bits per heavy atom. The predicted molar refractivity (Wildman–Crippen MR) is 70.0 cm³/mol. The summed E-state index contributed by atoms with van der Waals surface area (Å²) in [7, 11) is 3.54. The predicted octanol–water partition coefficient (Wildman–Crippen LogP) is 2.23. The molecule has 0 radical (unpaired) electrons. The smallest absolute Gasteiger partial charge is 0.230 e. The summed E-state index contributed by atoms with van der Waals surface area (Å²) in [5.41, 5.74) is -1.22. The van der Waals surface area contributed by atoms with Crippen molar-refractivity contribution in [2.75, 3.05) is 14.1 Å². The molecule has 96 valence electrons. The minimum absolute atomic E-state index is 0.0824. The van der Waals surface area contributed by atoms with E-state index >= 15 is 0 Å². The summed E-state index contributed by atoms with van der Waals surface area (Å²) in [6, 6.07) is 0. The van der Waals surface area contributed by atoms with Crippen molar-refractivity contribution in [1.29, 1.82) is 0 Å². The molecule has 2 rings (SSSR count). The first-order chi connectivity index (χ1) is 7.63. The number of hydrogen-bond donors (Lipinski definition) is 0. The van der Waals surface area contributed by atoms with E-state index in [9.17, 15) is 9.59 Å². The van der Waals surface area contributed by atoms with Crippen LogP contribution < -0.4 is 0 Å². The Kier molecular flexibility index (Phi) is 2.57. The Morgan fingerprint density at radius 3 is 2.18 bits per heavy atom. The standard InChI is InChI=1S/C13H20BrNO2/c1-11(2)12(3)6-7-13(11,8(14)9(12)16)10(17)15(4)5/h8H,6-7H2,1-5H3/t8-,12-,13-/m1/s1. The fourth-order valence-corrected chi connectivity index (χ4v) is 5.33. The molecule has 2 aliphatic rings. The van der Waals surface area contributed by atoms with Crippen LogP contribution in [0, 0.1) is 16.2 Å². The Morgan fingerprint density at radius 2 is 1.82 bits per heavy atom. The van der Waals surface area contributed by atoms with Crippen molar-refractivity contribution in [1.82, 2.24) is 4.90 Å². The number of halogens is 1. The summed E-state index contributed by atoms with van der Waals surface area (Å²) in [4.78, 5) is 26.3. The number of nitrogens with zero attached hydrogens (tertiary/aromatic N) is 1. The SMILES string of the molecule is CN(C)C(=O)[C@@]12CC[C@](C)(C(=O)[C@H]1Br)C2(C)C. The van der Waals surface area contributed by atoms with Crippen LogP contribution in [0.1, 0.15) is 33.6 Å². The number of Topliss-reactive ketones (excluding diaryl/α,β-unsaturated/α-hetero) is 1. The van der Waals surface area contributed by atoms with Crippen LogP contribution in [0.4, 0.5) is 0 Å². The van der Waals surface area contributed by atoms with Crippen LogP contribution in [0.25, 0.3) is 0 Å². The lowest BCUT2D eigenvalue weighted by Gasteiger charge is -2.41. The summed E-state index contributed by atoms with van der Waals surface area (Å²) < 4.78 is 0. The summed E-state index contributed by atoms with van der Waals surface area (Å²) in [6.45, 7) is 6.16. The van der Waals surface area contributed by atoms with Crippen molar-refractivity contribution in [3.8, 4) is 0 Å². The number of ketones is 1. The van der Waals surface area contributed by atoms with Gasteiger partial charge in [-0.15, -0.1) is 0 Å². The van der Waals surface area contributed by atoms with E-state index in [1.54, 1.807) is 19.0 Å². The van der Waals surface area contributed by atoms with Gasteiger partial charge in [0.05, 0.1) is 10.2 Å². The van der Waals surface area contributed by atoms with E-state index in [1.807, 2.05) is 6.92 Å². The zero-order valence-corrected chi connectivity index (χ0v) is 12.7. The fraction of sp³-hybridized carbons (Fsp3) is 0.846. The van der Waals surface area contributed by atoms with Gasteiger partial charge in [0.1, 0.15) is 0 Å². The summed E-state index contributed by atoms with van der Waals surface area (Å²) >= 11 is 3.50. The van der Waals surface area contributed by atoms with Gasteiger partial charge >= 0.3 is 0 Å². The average molecular weight is 302 g/mol. The Hall–Kier alpha value is -0.380. The lowest BCUT2D eigenvalue weighted by atomic mass is 9.64. The van der Waals surface area contributed by atoms with Gasteiger partial charge in [0.15, 0.2) is 5.78 Å². The van der Waals surface area contributed by atoms with Crippen molar-refractivity contribution in [2.45, 2.75) is 38.4 Å². The Labute approximate surface area is 111 Å². The number of amides is 1. The molecule has 2 saturated carbocycles. The first-order valence-electron chi connectivity index (χ1n) is 6.03. The van der Waals surface area contributed by atoms with Crippen molar-refractivity contribution in [2.24, 2.45) is 16.2 Å². The van der Waals surface area contributed by atoms with E-state index in [2.05, 4.69) is 29.8 Å². The highest BCUT2D eigenvalue weighted by atomic mass is 79.9. The highest BCUT2D eigenvalue weighted by molar-refractivity contribution is 9.10. The van der Waals surface area contributed by atoms with Crippen LogP contribution in [0.2, 0.25) is 0 Å². The zero-order chi connectivity index (χ0) is 13.2. The number of alkyl halides is 1. The van der Waals surface area contributed by atoms with Crippen LogP contribution in [0.15, 0.2) is 0 Å². The van der Waals surface area contributed by atoms with Crippen LogP contribution in [-0.4, -0.2) is 35.5 Å². The molecule has 2 aliphatic carbocycles. The highest BCUT2D eigenvalue weighted by Gasteiger charge is 2.76. The molecule has 0 aromatic carbocycles. The van der Waals surface area contributed by atoms with Crippen LogP contribution >= 0.6 is 15.9 Å². The maximum Gasteiger partial charge on any atom is 0.230 e. The van der Waals surface area contributed by atoms with Crippen molar-refractivity contribution in [3.05, 3.63) is 0 Å². The molecule has 0 aliphatic heterocycles. The normalized spacial score (nSPS) is 42.9. The van der Waals surface area contributed by atoms with Gasteiger partial charge in [0.25, 0.3) is 0 Å². The van der Waals surface area contributed by atoms with Crippen LogP contribution in [0.3, 0.4) is 0 Å². The van der Waals surface area contributed by atoms with Gasteiger partial charge < -0.3 is 4.90 Å². The first-order valence-corrected chi connectivity index (χ1v) is 6.94. The third kappa shape index (κ3) is 1.13. The van der Waals surface area contributed by atoms with Crippen LogP contribution in [0.5, 0.6) is 0 Å². The minimum Gasteiger partial charge on any atom is -0.348 e. The number of rotatable bonds is 1. The molecule has 0 aromatic rings. The quantitative estimate of drug-likeness (QED) is 0.697. The second kappa shape index (κ2) is 3.34. The third-order valence-corrected chi connectivity index (χ3v) is 6.71. The van der Waals surface area contributed by atoms with Crippen molar-refractivity contribution >= 4 is 27.6 Å². The van der Waals surface area contributed by atoms with Gasteiger partial charge in [-0.1, -0.05) is 36.7 Å². The minimum atomic E-state index is -0.567. The van der Waals surface area contributed by atoms with Crippen molar-refractivity contribution < 1.29 is 9.59 Å². The van der Waals surface area contributed by atoms with E-state index in [4.69, 9.17) is 0 Å². The molecule has 0 unspecified atom stereocenters. The molecule has 0 spiro atoms. The maximum absolute atomic E-state index is 12.6. The van der Waals surface area contributed by atoms with Gasteiger partial charge in [-0.3, -0.25) is 9.59 Å². The first kappa shape index (κ1) is 13.1. The van der Waals surface area contributed by atoms with E-state index in [1.165, 1.54) is 0 Å². The fourth-order valence-electron chi connectivity index (χ4n) is 3.82. The van der Waals surface area contributed by atoms with E-state index in [-0.39, 0.29) is 27.3 Å². The topological polar surface area (TPSA) is 37.4 Å². The number of carbonyl (C=O) groups is 2. The monoisotopic (exact) mass is 301 g/mol. The second-order valence-electron chi connectivity index (χ2n) is 6.35. The van der Waals surface area contributed by atoms with Crippen molar-refractivity contribution in [3.63, 3.8) is 0 Å². The highest BCUT2D eigenvalue weighted by Crippen LogP contribution is 2.72.